The number of morpholine rings is 1. The van der Waals surface area contributed by atoms with Gasteiger partial charge in [0.05, 0.1) is 19.6 Å². The fourth-order valence-corrected chi connectivity index (χ4v) is 4.55. The van der Waals surface area contributed by atoms with Gasteiger partial charge >= 0.3 is 5.97 Å². The zero-order chi connectivity index (χ0) is 18.6. The lowest BCUT2D eigenvalue weighted by molar-refractivity contribution is -0.136. The number of nitrogens with zero attached hydrogens (tertiary/aromatic N) is 1. The zero-order valence-electron chi connectivity index (χ0n) is 15.1. The molecule has 5 nitrogen and oxygen atoms in total. The largest absolute Gasteiger partial charge is 0.488 e. The van der Waals surface area contributed by atoms with Crippen LogP contribution in [0, 0.1) is 0 Å². The van der Waals surface area contributed by atoms with Crippen LogP contribution in [0.1, 0.15) is 28.0 Å². The van der Waals surface area contributed by atoms with Gasteiger partial charge in [-0.15, -0.1) is 11.3 Å². The number of carboxylic acid groups (broad SMARTS) is 1. The van der Waals surface area contributed by atoms with E-state index in [0.717, 1.165) is 61.7 Å². The molecule has 2 aliphatic heterocycles. The van der Waals surface area contributed by atoms with Gasteiger partial charge in [-0.25, -0.2) is 0 Å². The summed E-state index contributed by atoms with van der Waals surface area (Å²) in [6.07, 6.45) is 3.24. The molecule has 6 heteroatoms. The molecule has 27 heavy (non-hydrogen) atoms. The molecule has 142 valence electrons. The number of hydrogen-bond donors (Lipinski definition) is 1. The van der Waals surface area contributed by atoms with Gasteiger partial charge in [-0.05, 0) is 41.1 Å². The molecule has 0 spiro atoms. The van der Waals surface area contributed by atoms with Crippen LogP contribution in [-0.4, -0.2) is 48.8 Å². The Labute approximate surface area is 162 Å². The van der Waals surface area contributed by atoms with Crippen molar-refractivity contribution >= 4 is 22.9 Å². The first-order valence-corrected chi connectivity index (χ1v) is 10.1. The highest BCUT2D eigenvalue weighted by Gasteiger charge is 2.21. The molecule has 1 fully saturated rings. The topological polar surface area (TPSA) is 59.0 Å². The van der Waals surface area contributed by atoms with Crippen molar-refractivity contribution in [1.82, 2.24) is 4.90 Å². The molecule has 0 radical (unpaired) electrons. The van der Waals surface area contributed by atoms with Crippen LogP contribution in [0.4, 0.5) is 0 Å². The molecule has 2 aliphatic rings. The van der Waals surface area contributed by atoms with Crippen molar-refractivity contribution in [1.29, 1.82) is 0 Å². The second kappa shape index (κ2) is 8.25. The average Bonchev–Trinajstić information content (AvgIpc) is 3.08. The first kappa shape index (κ1) is 18.2. The summed E-state index contributed by atoms with van der Waals surface area (Å²) >= 11 is 1.72. The van der Waals surface area contributed by atoms with E-state index in [9.17, 15) is 4.79 Å². The number of carbonyl (C=O) groups is 1. The van der Waals surface area contributed by atoms with Crippen LogP contribution in [0.2, 0.25) is 0 Å². The highest BCUT2D eigenvalue weighted by molar-refractivity contribution is 7.11. The van der Waals surface area contributed by atoms with E-state index < -0.39 is 5.97 Å². The summed E-state index contributed by atoms with van der Waals surface area (Å²) in [6.45, 7) is 5.12. The SMILES string of the molecule is O=C(O)Cc1ccc2c(c1)/C(=C/CCN1CCOCC1)c1sccc1CO2. The third kappa shape index (κ3) is 4.24. The van der Waals surface area contributed by atoms with E-state index >= 15 is 0 Å². The molecular weight excluding hydrogens is 362 g/mol. The van der Waals surface area contributed by atoms with Crippen molar-refractivity contribution in [2.45, 2.75) is 19.4 Å². The standard InChI is InChI=1S/C21H23NO4S/c23-20(24)13-15-3-4-19-18(12-15)17(21-16(14-26-19)5-11-27-21)2-1-6-22-7-9-25-10-8-22/h2-5,11-12H,1,6-10,13-14H2,(H,23,24)/b17-2-. The molecule has 0 amide bonds. The van der Waals surface area contributed by atoms with Gasteiger partial charge < -0.3 is 14.6 Å². The highest BCUT2D eigenvalue weighted by atomic mass is 32.1. The third-order valence-corrected chi connectivity index (χ3v) is 5.95. The predicted molar refractivity (Wildman–Crippen MR) is 105 cm³/mol. The van der Waals surface area contributed by atoms with Gasteiger partial charge in [0.25, 0.3) is 0 Å². The van der Waals surface area contributed by atoms with Crippen molar-refractivity contribution in [3.05, 3.63) is 57.3 Å². The average molecular weight is 385 g/mol. The Kier molecular flexibility index (Phi) is 5.57. The van der Waals surface area contributed by atoms with E-state index in [2.05, 4.69) is 22.4 Å². The quantitative estimate of drug-likeness (QED) is 0.855. The number of rotatable bonds is 5. The van der Waals surface area contributed by atoms with E-state index in [0.29, 0.717) is 6.61 Å². The van der Waals surface area contributed by atoms with E-state index in [-0.39, 0.29) is 6.42 Å². The van der Waals surface area contributed by atoms with Crippen LogP contribution in [0.25, 0.3) is 5.57 Å². The minimum Gasteiger partial charge on any atom is -0.488 e. The normalized spacial score (nSPS) is 18.4. The molecular formula is C21H23NO4S. The maximum atomic E-state index is 11.1. The van der Waals surface area contributed by atoms with Crippen molar-refractivity contribution in [3.63, 3.8) is 0 Å². The number of carboxylic acids is 1. The molecule has 1 N–H and O–H groups in total. The molecule has 0 bridgehead atoms. The van der Waals surface area contributed by atoms with E-state index in [1.807, 2.05) is 18.2 Å². The predicted octanol–water partition coefficient (Wildman–Crippen LogP) is 3.42. The van der Waals surface area contributed by atoms with Gasteiger partial charge in [0, 0.05) is 35.6 Å². The lowest BCUT2D eigenvalue weighted by Gasteiger charge is -2.26. The summed E-state index contributed by atoms with van der Waals surface area (Å²) in [5.41, 5.74) is 4.14. The molecule has 4 rings (SSSR count). The van der Waals surface area contributed by atoms with Gasteiger partial charge in [0.15, 0.2) is 0 Å². The lowest BCUT2D eigenvalue weighted by atomic mass is 9.97. The maximum absolute atomic E-state index is 11.1. The fourth-order valence-electron chi connectivity index (χ4n) is 3.58. The van der Waals surface area contributed by atoms with Crippen molar-refractivity contribution in [2.24, 2.45) is 0 Å². The Balaban J connectivity index is 1.64. The molecule has 3 heterocycles. The fraction of sp³-hybridized carbons (Fsp3) is 0.381. The molecule has 1 aromatic heterocycles. The summed E-state index contributed by atoms with van der Waals surface area (Å²) in [5.74, 6) is 0.00399. The molecule has 0 saturated carbocycles. The van der Waals surface area contributed by atoms with Crippen LogP contribution in [-0.2, 0) is 22.6 Å². The Morgan fingerprint density at radius 2 is 2.11 bits per heavy atom. The van der Waals surface area contributed by atoms with Crippen LogP contribution >= 0.6 is 11.3 Å². The van der Waals surface area contributed by atoms with E-state index in [1.165, 1.54) is 10.4 Å². The van der Waals surface area contributed by atoms with Crippen LogP contribution < -0.4 is 4.74 Å². The summed E-state index contributed by atoms with van der Waals surface area (Å²) in [4.78, 5) is 14.8. The van der Waals surface area contributed by atoms with Gasteiger partial charge in [-0.2, -0.15) is 0 Å². The number of thiophene rings is 1. The van der Waals surface area contributed by atoms with Crippen molar-refractivity contribution in [3.8, 4) is 5.75 Å². The maximum Gasteiger partial charge on any atom is 0.307 e. The summed E-state index contributed by atoms with van der Waals surface area (Å²) < 4.78 is 11.4. The second-order valence-electron chi connectivity index (χ2n) is 6.83. The number of aliphatic carboxylic acids is 1. The number of fused-ring (bicyclic) bond motifs is 2. The van der Waals surface area contributed by atoms with Gasteiger partial charge in [-0.3, -0.25) is 9.69 Å². The van der Waals surface area contributed by atoms with Crippen molar-refractivity contribution in [2.75, 3.05) is 32.8 Å². The van der Waals surface area contributed by atoms with Gasteiger partial charge in [0.2, 0.25) is 0 Å². The number of benzene rings is 1. The first-order valence-electron chi connectivity index (χ1n) is 9.25. The molecule has 0 aliphatic carbocycles. The zero-order valence-corrected chi connectivity index (χ0v) is 16.0. The van der Waals surface area contributed by atoms with Crippen LogP contribution in [0.15, 0.2) is 35.7 Å². The third-order valence-electron chi connectivity index (χ3n) is 4.96. The lowest BCUT2D eigenvalue weighted by Crippen LogP contribution is -2.36. The molecule has 0 unspecified atom stereocenters. The molecule has 1 saturated heterocycles. The smallest absolute Gasteiger partial charge is 0.307 e. The summed E-state index contributed by atoms with van der Waals surface area (Å²) in [5, 5.41) is 11.2. The number of ether oxygens (including phenoxy) is 2. The van der Waals surface area contributed by atoms with Gasteiger partial charge in [0.1, 0.15) is 12.4 Å². The second-order valence-corrected chi connectivity index (χ2v) is 7.74. The van der Waals surface area contributed by atoms with Gasteiger partial charge in [-0.1, -0.05) is 12.1 Å². The molecule has 0 atom stereocenters. The van der Waals surface area contributed by atoms with E-state index in [4.69, 9.17) is 14.6 Å². The summed E-state index contributed by atoms with van der Waals surface area (Å²) in [7, 11) is 0. The Hall–Kier alpha value is -2.15. The monoisotopic (exact) mass is 385 g/mol. The van der Waals surface area contributed by atoms with Crippen molar-refractivity contribution < 1.29 is 19.4 Å². The minimum absolute atomic E-state index is 0.0195. The molecule has 2 aromatic rings. The summed E-state index contributed by atoms with van der Waals surface area (Å²) in [6, 6.07) is 7.83. The number of hydrogen-bond acceptors (Lipinski definition) is 5. The Morgan fingerprint density at radius 3 is 2.93 bits per heavy atom. The highest BCUT2D eigenvalue weighted by Crippen LogP contribution is 2.40. The minimum atomic E-state index is -0.820. The molecule has 1 aromatic carbocycles. The van der Waals surface area contributed by atoms with Crippen LogP contribution in [0.3, 0.4) is 0 Å². The Morgan fingerprint density at radius 1 is 1.26 bits per heavy atom. The first-order chi connectivity index (χ1) is 13.2. The Bertz CT molecular complexity index is 852. The van der Waals surface area contributed by atoms with Crippen LogP contribution in [0.5, 0.6) is 5.75 Å². The van der Waals surface area contributed by atoms with E-state index in [1.54, 1.807) is 11.3 Å².